The highest BCUT2D eigenvalue weighted by Gasteiger charge is 2.29. The van der Waals surface area contributed by atoms with E-state index in [1.165, 1.54) is 28.1 Å². The Morgan fingerprint density at radius 2 is 1.82 bits per heavy atom. The van der Waals surface area contributed by atoms with Crippen LogP contribution in [0.4, 0.5) is 5.69 Å². The summed E-state index contributed by atoms with van der Waals surface area (Å²) in [4.78, 5) is 3.54. The van der Waals surface area contributed by atoms with Crippen LogP contribution < -0.4 is 15.5 Å². The lowest BCUT2D eigenvalue weighted by Crippen LogP contribution is -2.39. The first kappa shape index (κ1) is 24.5. The van der Waals surface area contributed by atoms with Gasteiger partial charge in [0.2, 0.25) is 0 Å². The van der Waals surface area contributed by atoms with Crippen molar-refractivity contribution in [2.75, 3.05) is 24.5 Å². The zero-order chi connectivity index (χ0) is 24.1. The van der Waals surface area contributed by atoms with Gasteiger partial charge < -0.3 is 15.5 Å². The zero-order valence-electron chi connectivity index (χ0n) is 20.6. The molecule has 2 aromatic carbocycles. The summed E-state index contributed by atoms with van der Waals surface area (Å²) in [6, 6.07) is 18.1. The van der Waals surface area contributed by atoms with Gasteiger partial charge in [-0.1, -0.05) is 55.1 Å². The SMILES string of the molecule is C=C(C)C(Cc1ccc(N2CCCNC2=C)cc1)NC(=C)C1CCCN1Sc1ccc(C)cc1. The van der Waals surface area contributed by atoms with Crippen molar-refractivity contribution in [2.45, 2.75) is 56.5 Å². The molecule has 2 atom stereocenters. The molecule has 0 bridgehead atoms. The van der Waals surface area contributed by atoms with Crippen LogP contribution in [0.1, 0.15) is 37.3 Å². The molecule has 2 saturated heterocycles. The Hall–Kier alpha value is -2.63. The third-order valence-corrected chi connectivity index (χ3v) is 7.86. The summed E-state index contributed by atoms with van der Waals surface area (Å²) in [6.07, 6.45) is 4.35. The van der Waals surface area contributed by atoms with E-state index in [1.807, 2.05) is 11.9 Å². The number of hydrogen-bond donors (Lipinski definition) is 2. The quantitative estimate of drug-likeness (QED) is 0.342. The van der Waals surface area contributed by atoms with Crippen LogP contribution in [0.25, 0.3) is 0 Å². The topological polar surface area (TPSA) is 30.5 Å². The number of aryl methyl sites for hydroxylation is 1. The van der Waals surface area contributed by atoms with Gasteiger partial charge in [0, 0.05) is 35.9 Å². The average Bonchev–Trinajstić information content (AvgIpc) is 3.29. The second kappa shape index (κ2) is 11.2. The van der Waals surface area contributed by atoms with Crippen molar-refractivity contribution in [1.29, 1.82) is 0 Å². The molecule has 2 fully saturated rings. The lowest BCUT2D eigenvalue weighted by atomic mass is 9.99. The van der Waals surface area contributed by atoms with Crippen LogP contribution in [-0.4, -0.2) is 36.0 Å². The van der Waals surface area contributed by atoms with E-state index < -0.39 is 0 Å². The average molecular weight is 475 g/mol. The maximum atomic E-state index is 4.46. The van der Waals surface area contributed by atoms with E-state index in [2.05, 4.69) is 102 Å². The number of anilines is 1. The van der Waals surface area contributed by atoms with Crippen LogP contribution in [-0.2, 0) is 6.42 Å². The number of nitrogens with zero attached hydrogens (tertiary/aromatic N) is 2. The zero-order valence-corrected chi connectivity index (χ0v) is 21.5. The Kier molecular flexibility index (Phi) is 8.07. The first-order chi connectivity index (χ1) is 16.4. The normalized spacial score (nSPS) is 19.5. The van der Waals surface area contributed by atoms with E-state index in [0.29, 0.717) is 6.04 Å². The van der Waals surface area contributed by atoms with E-state index >= 15 is 0 Å². The van der Waals surface area contributed by atoms with Crippen molar-refractivity contribution in [2.24, 2.45) is 0 Å². The monoisotopic (exact) mass is 474 g/mol. The van der Waals surface area contributed by atoms with Crippen molar-refractivity contribution < 1.29 is 0 Å². The smallest absolute Gasteiger partial charge is 0.0983 e. The molecule has 34 heavy (non-hydrogen) atoms. The van der Waals surface area contributed by atoms with Gasteiger partial charge >= 0.3 is 0 Å². The molecule has 0 aromatic heterocycles. The minimum absolute atomic E-state index is 0.164. The van der Waals surface area contributed by atoms with Crippen LogP contribution >= 0.6 is 11.9 Å². The minimum Gasteiger partial charge on any atom is -0.381 e. The summed E-state index contributed by atoms with van der Waals surface area (Å²) in [5, 5.41) is 7.09. The summed E-state index contributed by atoms with van der Waals surface area (Å²) < 4.78 is 2.48. The summed E-state index contributed by atoms with van der Waals surface area (Å²) in [5.41, 5.74) is 6.01. The Labute approximate surface area is 209 Å². The fourth-order valence-electron chi connectivity index (χ4n) is 4.63. The number of hydrogen-bond acceptors (Lipinski definition) is 5. The molecule has 0 aliphatic carbocycles. The minimum atomic E-state index is 0.164. The Morgan fingerprint density at radius 3 is 2.50 bits per heavy atom. The lowest BCUT2D eigenvalue weighted by Gasteiger charge is -2.32. The molecular weight excluding hydrogens is 436 g/mol. The van der Waals surface area contributed by atoms with Gasteiger partial charge in [-0.3, -0.25) is 0 Å². The molecule has 0 radical (unpaired) electrons. The molecule has 2 unspecified atom stereocenters. The molecule has 0 amide bonds. The lowest BCUT2D eigenvalue weighted by molar-refractivity contribution is 0.450. The molecular formula is C29H38N4S. The van der Waals surface area contributed by atoms with Gasteiger partial charge in [-0.25, -0.2) is 4.31 Å². The van der Waals surface area contributed by atoms with Crippen molar-refractivity contribution in [3.05, 3.63) is 96.5 Å². The van der Waals surface area contributed by atoms with Crippen LogP contribution in [0.5, 0.6) is 0 Å². The van der Waals surface area contributed by atoms with Gasteiger partial charge in [-0.15, -0.1) is 0 Å². The highest BCUT2D eigenvalue weighted by molar-refractivity contribution is 7.97. The Balaban J connectivity index is 1.37. The highest BCUT2D eigenvalue weighted by atomic mass is 32.2. The third kappa shape index (κ3) is 6.08. The summed E-state index contributed by atoms with van der Waals surface area (Å²) in [5.74, 6) is 0.987. The molecule has 5 heteroatoms. The fourth-order valence-corrected chi connectivity index (χ4v) is 5.74. The van der Waals surface area contributed by atoms with E-state index in [1.54, 1.807) is 0 Å². The predicted octanol–water partition coefficient (Wildman–Crippen LogP) is 6.03. The van der Waals surface area contributed by atoms with Crippen molar-refractivity contribution in [1.82, 2.24) is 14.9 Å². The van der Waals surface area contributed by atoms with Gasteiger partial charge in [0.05, 0.1) is 17.9 Å². The summed E-state index contributed by atoms with van der Waals surface area (Å²) >= 11 is 1.84. The largest absolute Gasteiger partial charge is 0.381 e. The van der Waals surface area contributed by atoms with E-state index in [9.17, 15) is 0 Å². The van der Waals surface area contributed by atoms with Crippen LogP contribution in [0, 0.1) is 6.92 Å². The second-order valence-corrected chi connectivity index (χ2v) is 10.6. The van der Waals surface area contributed by atoms with Gasteiger partial charge in [0.1, 0.15) is 0 Å². The van der Waals surface area contributed by atoms with E-state index in [0.717, 1.165) is 56.0 Å². The Morgan fingerprint density at radius 1 is 1.09 bits per heavy atom. The molecule has 2 aromatic rings. The first-order valence-electron chi connectivity index (χ1n) is 12.3. The molecule has 0 spiro atoms. The summed E-state index contributed by atoms with van der Waals surface area (Å²) in [7, 11) is 0. The van der Waals surface area contributed by atoms with Gasteiger partial charge in [-0.05, 0) is 81.3 Å². The molecule has 4 rings (SSSR count). The van der Waals surface area contributed by atoms with Crippen molar-refractivity contribution >= 4 is 17.6 Å². The van der Waals surface area contributed by atoms with Crippen molar-refractivity contribution in [3.8, 4) is 0 Å². The standard InChI is InChI=1S/C29H38N4S/c1-21(2)28(20-25-11-13-26(14-12-25)32-18-7-17-30-24(32)5)31-23(4)29-8-6-19-33(29)34-27-15-9-22(3)10-16-27/h9-16,28-31H,1,4-8,17-20H2,2-3H3. The molecule has 2 heterocycles. The van der Waals surface area contributed by atoms with E-state index in [-0.39, 0.29) is 6.04 Å². The second-order valence-electron chi connectivity index (χ2n) is 9.52. The molecule has 0 saturated carbocycles. The molecule has 2 aliphatic rings. The fraction of sp³-hybridized carbons (Fsp3) is 0.379. The maximum Gasteiger partial charge on any atom is 0.0983 e. The number of rotatable bonds is 9. The molecule has 2 aliphatic heterocycles. The third-order valence-electron chi connectivity index (χ3n) is 6.71. The van der Waals surface area contributed by atoms with E-state index in [4.69, 9.17) is 0 Å². The first-order valence-corrected chi connectivity index (χ1v) is 13.1. The predicted molar refractivity (Wildman–Crippen MR) is 147 cm³/mol. The maximum absolute atomic E-state index is 4.46. The molecule has 180 valence electrons. The Bertz CT molecular complexity index is 1010. The van der Waals surface area contributed by atoms with Crippen LogP contribution in [0.3, 0.4) is 0 Å². The van der Waals surface area contributed by atoms with Crippen molar-refractivity contribution in [3.63, 3.8) is 0 Å². The van der Waals surface area contributed by atoms with Crippen LogP contribution in [0.15, 0.2) is 90.3 Å². The summed E-state index contributed by atoms with van der Waals surface area (Å²) in [6.45, 7) is 20.2. The van der Waals surface area contributed by atoms with Gasteiger partial charge in [0.25, 0.3) is 0 Å². The molecule has 2 N–H and O–H groups in total. The highest BCUT2D eigenvalue weighted by Crippen LogP contribution is 2.33. The van der Waals surface area contributed by atoms with Crippen LogP contribution in [0.2, 0.25) is 0 Å². The van der Waals surface area contributed by atoms with Gasteiger partial charge in [0.15, 0.2) is 0 Å². The molecule has 4 nitrogen and oxygen atoms in total. The number of nitrogens with one attached hydrogen (secondary N) is 2. The van der Waals surface area contributed by atoms with Gasteiger partial charge in [-0.2, -0.15) is 0 Å². The number of benzene rings is 2.